The summed E-state index contributed by atoms with van der Waals surface area (Å²) >= 11 is 0. The van der Waals surface area contributed by atoms with Gasteiger partial charge in [-0.3, -0.25) is 14.9 Å². The molecule has 7 heteroatoms. The van der Waals surface area contributed by atoms with Gasteiger partial charge in [-0.15, -0.1) is 0 Å². The highest BCUT2D eigenvalue weighted by atomic mass is 16.5. The highest BCUT2D eigenvalue weighted by Crippen LogP contribution is 2.11. The fraction of sp³-hybridized carbons (Fsp3) is 0.211. The van der Waals surface area contributed by atoms with Gasteiger partial charge in [0, 0.05) is 0 Å². The number of nitrogens with one attached hydrogen (secondary N) is 1. The number of phenols is 1. The summed E-state index contributed by atoms with van der Waals surface area (Å²) in [6.07, 6.45) is -1.20. The van der Waals surface area contributed by atoms with Gasteiger partial charge in [0.1, 0.15) is 12.4 Å². The fourth-order valence-electron chi connectivity index (χ4n) is 2.21. The maximum Gasteiger partial charge on any atom is 0.414 e. The van der Waals surface area contributed by atoms with Gasteiger partial charge in [-0.05, 0) is 29.7 Å². The van der Waals surface area contributed by atoms with E-state index in [-0.39, 0.29) is 18.8 Å². The first-order valence-corrected chi connectivity index (χ1v) is 8.01. The maximum absolute atomic E-state index is 12.0. The number of ether oxygens (including phenoxy) is 1. The van der Waals surface area contributed by atoms with Crippen LogP contribution in [0.15, 0.2) is 54.6 Å². The van der Waals surface area contributed by atoms with Gasteiger partial charge in [0.25, 0.3) is 0 Å². The summed E-state index contributed by atoms with van der Waals surface area (Å²) in [5.41, 5.74) is 7.33. The zero-order chi connectivity index (χ0) is 18.9. The zero-order valence-corrected chi connectivity index (χ0v) is 14.1. The monoisotopic (exact) mass is 356 g/mol. The van der Waals surface area contributed by atoms with Gasteiger partial charge >= 0.3 is 6.09 Å². The first-order valence-electron chi connectivity index (χ1n) is 8.01. The van der Waals surface area contributed by atoms with Crippen LogP contribution in [0.1, 0.15) is 17.5 Å². The molecule has 2 aromatic carbocycles. The molecule has 2 amide bonds. The molecular formula is C19H20N2O5. The van der Waals surface area contributed by atoms with E-state index in [4.69, 9.17) is 10.5 Å². The number of hydrogen-bond donors (Lipinski definition) is 3. The summed E-state index contributed by atoms with van der Waals surface area (Å²) < 4.78 is 4.91. The molecule has 0 spiro atoms. The number of ketones is 1. The van der Waals surface area contributed by atoms with Crippen LogP contribution >= 0.6 is 0 Å². The van der Waals surface area contributed by atoms with E-state index in [2.05, 4.69) is 0 Å². The Labute approximate surface area is 150 Å². The largest absolute Gasteiger partial charge is 0.508 e. The Morgan fingerprint density at radius 2 is 1.65 bits per heavy atom. The van der Waals surface area contributed by atoms with Crippen molar-refractivity contribution in [2.24, 2.45) is 5.73 Å². The van der Waals surface area contributed by atoms with Gasteiger partial charge in [-0.25, -0.2) is 4.79 Å². The van der Waals surface area contributed by atoms with Crippen LogP contribution in [0.2, 0.25) is 0 Å². The number of rotatable bonds is 7. The van der Waals surface area contributed by atoms with Crippen LogP contribution in [0.5, 0.6) is 5.75 Å². The molecule has 2 aromatic rings. The minimum absolute atomic E-state index is 0.0221. The highest BCUT2D eigenvalue weighted by Gasteiger charge is 2.19. The van der Waals surface area contributed by atoms with Crippen LogP contribution in [0.3, 0.4) is 0 Å². The van der Waals surface area contributed by atoms with E-state index >= 15 is 0 Å². The van der Waals surface area contributed by atoms with Crippen molar-refractivity contribution in [3.63, 3.8) is 0 Å². The molecule has 26 heavy (non-hydrogen) atoms. The lowest BCUT2D eigenvalue weighted by atomic mass is 10.0. The van der Waals surface area contributed by atoms with Gasteiger partial charge in [-0.1, -0.05) is 42.5 Å². The minimum Gasteiger partial charge on any atom is -0.508 e. The molecule has 0 aliphatic heterocycles. The number of imide groups is 1. The third-order valence-corrected chi connectivity index (χ3v) is 3.59. The lowest BCUT2D eigenvalue weighted by Gasteiger charge is -2.11. The maximum atomic E-state index is 12.0. The van der Waals surface area contributed by atoms with Crippen LogP contribution < -0.4 is 11.1 Å². The summed E-state index contributed by atoms with van der Waals surface area (Å²) in [6.45, 7) is 0.0221. The normalized spacial score (nSPS) is 11.4. The molecule has 0 saturated carbocycles. The average molecular weight is 356 g/mol. The van der Waals surface area contributed by atoms with Crippen molar-refractivity contribution in [2.45, 2.75) is 25.5 Å². The second kappa shape index (κ2) is 9.33. The fourth-order valence-corrected chi connectivity index (χ4v) is 2.21. The Hall–Kier alpha value is -3.19. The predicted molar refractivity (Wildman–Crippen MR) is 94.2 cm³/mol. The van der Waals surface area contributed by atoms with Crippen LogP contribution in [-0.4, -0.2) is 28.9 Å². The molecule has 7 nitrogen and oxygen atoms in total. The Balaban J connectivity index is 1.74. The van der Waals surface area contributed by atoms with E-state index in [1.54, 1.807) is 36.4 Å². The van der Waals surface area contributed by atoms with E-state index in [0.29, 0.717) is 0 Å². The Bertz CT molecular complexity index is 759. The number of hydrogen-bond acceptors (Lipinski definition) is 6. The first-order chi connectivity index (χ1) is 12.4. The molecule has 0 bridgehead atoms. The van der Waals surface area contributed by atoms with E-state index in [9.17, 15) is 19.5 Å². The average Bonchev–Trinajstić information content (AvgIpc) is 2.62. The van der Waals surface area contributed by atoms with Crippen molar-refractivity contribution in [1.82, 2.24) is 5.32 Å². The van der Waals surface area contributed by atoms with Gasteiger partial charge in [0.05, 0.1) is 12.5 Å². The van der Waals surface area contributed by atoms with E-state index in [1.165, 1.54) is 12.1 Å². The molecule has 0 radical (unpaired) electrons. The molecule has 0 fully saturated rings. The molecule has 0 aliphatic rings. The SMILES string of the molecule is N[C@@H](Cc1ccc(O)cc1)C(=O)CC(=O)NC(=O)OCc1ccccc1. The van der Waals surface area contributed by atoms with Crippen LogP contribution in [0.25, 0.3) is 0 Å². The molecule has 4 N–H and O–H groups in total. The number of amides is 2. The van der Waals surface area contributed by atoms with Gasteiger partial charge in [0.15, 0.2) is 5.78 Å². The van der Waals surface area contributed by atoms with Crippen LogP contribution in [0, 0.1) is 0 Å². The van der Waals surface area contributed by atoms with Crippen molar-refractivity contribution in [3.8, 4) is 5.75 Å². The molecule has 0 heterocycles. The van der Waals surface area contributed by atoms with E-state index < -0.39 is 30.2 Å². The number of alkyl carbamates (subject to hydrolysis) is 1. The van der Waals surface area contributed by atoms with Crippen molar-refractivity contribution < 1.29 is 24.2 Å². The highest BCUT2D eigenvalue weighted by molar-refractivity contribution is 6.05. The van der Waals surface area contributed by atoms with Crippen molar-refractivity contribution in [3.05, 3.63) is 65.7 Å². The quantitative estimate of drug-likeness (QED) is 0.650. The minimum atomic E-state index is -0.918. The number of phenolic OH excluding ortho intramolecular Hbond substituents is 1. The number of aromatic hydroxyl groups is 1. The van der Waals surface area contributed by atoms with Crippen LogP contribution in [0.4, 0.5) is 4.79 Å². The smallest absolute Gasteiger partial charge is 0.414 e. The summed E-state index contributed by atoms with van der Waals surface area (Å²) in [5, 5.41) is 11.2. The molecule has 1 atom stereocenters. The second-order valence-electron chi connectivity index (χ2n) is 5.73. The predicted octanol–water partition coefficient (Wildman–Crippen LogP) is 1.67. The van der Waals surface area contributed by atoms with E-state index in [1.807, 2.05) is 11.4 Å². The van der Waals surface area contributed by atoms with Gasteiger partial charge < -0.3 is 15.6 Å². The Kier molecular flexibility index (Phi) is 6.87. The second-order valence-corrected chi connectivity index (χ2v) is 5.73. The van der Waals surface area contributed by atoms with Gasteiger partial charge in [-0.2, -0.15) is 0 Å². The summed E-state index contributed by atoms with van der Waals surface area (Å²) in [7, 11) is 0. The molecule has 0 aliphatic carbocycles. The molecule has 0 saturated heterocycles. The number of benzene rings is 2. The number of carbonyl (C=O) groups is 3. The number of Topliss-reactive ketones (excluding diaryl/α,β-unsaturated/α-hetero) is 1. The third kappa shape index (κ3) is 6.37. The standard InChI is InChI=1S/C19H20N2O5/c20-16(10-13-6-8-15(22)9-7-13)17(23)11-18(24)21-19(25)26-12-14-4-2-1-3-5-14/h1-9,16,22H,10-12,20H2,(H,21,24,25)/t16-/m0/s1. The van der Waals surface area contributed by atoms with Gasteiger partial charge in [0.2, 0.25) is 5.91 Å². The molecule has 0 unspecified atom stereocenters. The van der Waals surface area contributed by atoms with Crippen LogP contribution in [-0.2, 0) is 27.4 Å². The summed E-state index contributed by atoms with van der Waals surface area (Å²) in [6, 6.07) is 14.4. The molecular weight excluding hydrogens is 336 g/mol. The molecule has 136 valence electrons. The van der Waals surface area contributed by atoms with Crippen molar-refractivity contribution in [1.29, 1.82) is 0 Å². The Morgan fingerprint density at radius 3 is 2.31 bits per heavy atom. The summed E-state index contributed by atoms with van der Waals surface area (Å²) in [4.78, 5) is 35.3. The zero-order valence-electron chi connectivity index (χ0n) is 14.1. The van der Waals surface area contributed by atoms with Crippen molar-refractivity contribution >= 4 is 17.8 Å². The lowest BCUT2D eigenvalue weighted by Crippen LogP contribution is -2.38. The van der Waals surface area contributed by atoms with Crippen molar-refractivity contribution in [2.75, 3.05) is 0 Å². The molecule has 0 aromatic heterocycles. The lowest BCUT2D eigenvalue weighted by molar-refractivity contribution is -0.128. The number of nitrogens with two attached hydrogens (primary N) is 1. The topological polar surface area (TPSA) is 119 Å². The van der Waals surface area contributed by atoms with E-state index in [0.717, 1.165) is 11.1 Å². The summed E-state index contributed by atoms with van der Waals surface area (Å²) in [5.74, 6) is -1.15. The molecule has 2 rings (SSSR count). The third-order valence-electron chi connectivity index (χ3n) is 3.59. The number of carbonyl (C=O) groups excluding carboxylic acids is 3. The first kappa shape index (κ1) is 19.1. The Morgan fingerprint density at radius 1 is 1.00 bits per heavy atom.